The fraction of sp³-hybridized carbons (Fsp3) is 0.214. The second-order valence-corrected chi connectivity index (χ2v) is 4.28. The van der Waals surface area contributed by atoms with E-state index in [0.29, 0.717) is 0 Å². The minimum atomic E-state index is -0.0852. The molecule has 0 saturated heterocycles. The van der Waals surface area contributed by atoms with E-state index in [1.165, 1.54) is 6.07 Å². The number of halogens is 1. The van der Waals surface area contributed by atoms with E-state index in [2.05, 4.69) is 10.3 Å². The number of rotatable bonds is 2. The molecule has 0 aliphatic heterocycles. The molecule has 1 aromatic heterocycles. The Labute approximate surface area is 99.5 Å². The third-order valence-electron chi connectivity index (χ3n) is 3.22. The summed E-state index contributed by atoms with van der Waals surface area (Å²) in [6, 6.07) is 9.38. The summed E-state index contributed by atoms with van der Waals surface area (Å²) in [7, 11) is 0. The van der Waals surface area contributed by atoms with Gasteiger partial charge in [0.05, 0.1) is 11.7 Å². The average Bonchev–Trinajstić information content (AvgIpc) is 2.76. The Balaban J connectivity index is 1.87. The van der Waals surface area contributed by atoms with Gasteiger partial charge >= 0.3 is 0 Å². The van der Waals surface area contributed by atoms with Crippen molar-refractivity contribution in [3.8, 4) is 0 Å². The summed E-state index contributed by atoms with van der Waals surface area (Å²) in [6.07, 6.45) is 5.27. The van der Waals surface area contributed by atoms with Crippen LogP contribution in [0.5, 0.6) is 0 Å². The summed E-state index contributed by atoms with van der Waals surface area (Å²) in [4.78, 5) is 4.06. The van der Waals surface area contributed by atoms with Crippen molar-refractivity contribution in [2.75, 3.05) is 5.32 Å². The second-order valence-electron chi connectivity index (χ2n) is 4.28. The molecule has 3 heteroatoms. The van der Waals surface area contributed by atoms with Gasteiger partial charge in [-0.05, 0) is 42.2 Å². The number of hydrogen-bond acceptors (Lipinski definition) is 2. The van der Waals surface area contributed by atoms with Crippen LogP contribution in [-0.4, -0.2) is 4.98 Å². The molecule has 1 aliphatic rings. The van der Waals surface area contributed by atoms with E-state index in [9.17, 15) is 4.39 Å². The van der Waals surface area contributed by atoms with Gasteiger partial charge in [0.25, 0.3) is 0 Å². The number of hydrogen-bond donors (Lipinski definition) is 1. The van der Waals surface area contributed by atoms with Crippen LogP contribution < -0.4 is 5.32 Å². The van der Waals surface area contributed by atoms with E-state index in [0.717, 1.165) is 29.7 Å². The highest BCUT2D eigenvalue weighted by Crippen LogP contribution is 2.34. The second kappa shape index (κ2) is 4.17. The summed E-state index contributed by atoms with van der Waals surface area (Å²) in [5, 5.41) is 3.40. The maximum atomic E-state index is 13.6. The van der Waals surface area contributed by atoms with Gasteiger partial charge in [-0.3, -0.25) is 4.98 Å². The zero-order valence-electron chi connectivity index (χ0n) is 9.36. The minimum Gasteiger partial charge on any atom is -0.377 e. The van der Waals surface area contributed by atoms with Gasteiger partial charge in [-0.25, -0.2) is 4.39 Å². The molecule has 3 rings (SSSR count). The van der Waals surface area contributed by atoms with Gasteiger partial charge in [0, 0.05) is 12.4 Å². The number of aromatic nitrogens is 1. The zero-order chi connectivity index (χ0) is 11.7. The Bertz CT molecular complexity index is 525. The Hall–Kier alpha value is -1.90. The smallest absolute Gasteiger partial charge is 0.126 e. The summed E-state index contributed by atoms with van der Waals surface area (Å²) >= 11 is 0. The lowest BCUT2D eigenvalue weighted by molar-refractivity contribution is 0.612. The lowest BCUT2D eigenvalue weighted by Crippen LogP contribution is -2.07. The summed E-state index contributed by atoms with van der Waals surface area (Å²) in [5.41, 5.74) is 2.91. The molecule has 1 unspecified atom stereocenters. The fourth-order valence-corrected chi connectivity index (χ4v) is 2.41. The number of pyridine rings is 1. The van der Waals surface area contributed by atoms with Crippen molar-refractivity contribution in [3.63, 3.8) is 0 Å². The van der Waals surface area contributed by atoms with Crippen LogP contribution in [0.2, 0.25) is 0 Å². The number of nitrogens with one attached hydrogen (secondary N) is 1. The van der Waals surface area contributed by atoms with Crippen molar-refractivity contribution in [3.05, 3.63) is 59.7 Å². The number of fused-ring (bicyclic) bond motifs is 1. The van der Waals surface area contributed by atoms with Gasteiger partial charge in [0.15, 0.2) is 0 Å². The maximum absolute atomic E-state index is 13.6. The first kappa shape index (κ1) is 10.3. The first-order valence-corrected chi connectivity index (χ1v) is 5.78. The standard InChI is InChI=1S/C14H13FN2/c15-13-5-1-4-12-11(13)6-7-14(12)17-10-3-2-8-16-9-10/h1-5,8-9,14,17H,6-7H2. The molecular weight excluding hydrogens is 215 g/mol. The quantitative estimate of drug-likeness (QED) is 0.852. The molecule has 0 bridgehead atoms. The highest BCUT2D eigenvalue weighted by molar-refractivity contribution is 5.46. The van der Waals surface area contributed by atoms with Crippen LogP contribution >= 0.6 is 0 Å². The lowest BCUT2D eigenvalue weighted by atomic mass is 10.1. The predicted octanol–water partition coefficient (Wildman–Crippen LogP) is 3.32. The number of nitrogens with zero attached hydrogens (tertiary/aromatic N) is 1. The molecule has 1 heterocycles. The zero-order valence-corrected chi connectivity index (χ0v) is 9.36. The van der Waals surface area contributed by atoms with E-state index in [1.807, 2.05) is 18.2 Å². The first-order chi connectivity index (χ1) is 8.34. The van der Waals surface area contributed by atoms with Crippen molar-refractivity contribution in [2.45, 2.75) is 18.9 Å². The summed E-state index contributed by atoms with van der Waals surface area (Å²) in [5.74, 6) is -0.0852. The maximum Gasteiger partial charge on any atom is 0.126 e. The molecule has 0 saturated carbocycles. The van der Waals surface area contributed by atoms with Gasteiger partial charge in [0.2, 0.25) is 0 Å². The number of anilines is 1. The molecule has 1 aromatic carbocycles. The van der Waals surface area contributed by atoms with Gasteiger partial charge in [-0.15, -0.1) is 0 Å². The van der Waals surface area contributed by atoms with Crippen molar-refractivity contribution in [1.82, 2.24) is 4.98 Å². The minimum absolute atomic E-state index is 0.0852. The van der Waals surface area contributed by atoms with E-state index in [-0.39, 0.29) is 11.9 Å². The average molecular weight is 228 g/mol. The lowest BCUT2D eigenvalue weighted by Gasteiger charge is -2.15. The summed E-state index contributed by atoms with van der Waals surface area (Å²) < 4.78 is 13.6. The highest BCUT2D eigenvalue weighted by atomic mass is 19.1. The van der Waals surface area contributed by atoms with Crippen LogP contribution in [0.4, 0.5) is 10.1 Å². The Kier molecular flexibility index (Phi) is 2.52. The monoisotopic (exact) mass is 228 g/mol. The van der Waals surface area contributed by atoms with Crippen LogP contribution in [0, 0.1) is 5.82 Å². The highest BCUT2D eigenvalue weighted by Gasteiger charge is 2.24. The fourth-order valence-electron chi connectivity index (χ4n) is 2.41. The molecule has 0 radical (unpaired) electrons. The molecule has 0 fully saturated rings. The van der Waals surface area contributed by atoms with Crippen LogP contribution in [0.25, 0.3) is 0 Å². The normalized spacial score (nSPS) is 17.8. The Morgan fingerprint density at radius 1 is 1.24 bits per heavy atom. The topological polar surface area (TPSA) is 24.9 Å². The van der Waals surface area contributed by atoms with E-state index in [4.69, 9.17) is 0 Å². The van der Waals surface area contributed by atoms with Crippen LogP contribution in [0.15, 0.2) is 42.7 Å². The predicted molar refractivity (Wildman–Crippen MR) is 65.3 cm³/mol. The molecule has 1 N–H and O–H groups in total. The van der Waals surface area contributed by atoms with Crippen LogP contribution in [-0.2, 0) is 6.42 Å². The third-order valence-corrected chi connectivity index (χ3v) is 3.22. The van der Waals surface area contributed by atoms with Crippen molar-refractivity contribution >= 4 is 5.69 Å². The SMILES string of the molecule is Fc1cccc2c1CCC2Nc1cccnc1. The molecule has 2 nitrogen and oxygen atoms in total. The largest absolute Gasteiger partial charge is 0.377 e. The first-order valence-electron chi connectivity index (χ1n) is 5.78. The van der Waals surface area contributed by atoms with E-state index < -0.39 is 0 Å². The van der Waals surface area contributed by atoms with E-state index >= 15 is 0 Å². The molecule has 86 valence electrons. The molecule has 1 atom stereocenters. The van der Waals surface area contributed by atoms with E-state index in [1.54, 1.807) is 18.5 Å². The molecule has 0 spiro atoms. The summed E-state index contributed by atoms with van der Waals surface area (Å²) in [6.45, 7) is 0. The van der Waals surface area contributed by atoms with Crippen molar-refractivity contribution in [1.29, 1.82) is 0 Å². The molecule has 1 aliphatic carbocycles. The Morgan fingerprint density at radius 2 is 2.18 bits per heavy atom. The third kappa shape index (κ3) is 1.88. The number of benzene rings is 1. The van der Waals surface area contributed by atoms with Crippen molar-refractivity contribution in [2.24, 2.45) is 0 Å². The van der Waals surface area contributed by atoms with Gasteiger partial charge < -0.3 is 5.32 Å². The molecular formula is C14H13FN2. The van der Waals surface area contributed by atoms with Gasteiger partial charge in [-0.1, -0.05) is 12.1 Å². The molecule has 2 aromatic rings. The van der Waals surface area contributed by atoms with Gasteiger partial charge in [0.1, 0.15) is 5.82 Å². The van der Waals surface area contributed by atoms with Crippen LogP contribution in [0.1, 0.15) is 23.6 Å². The van der Waals surface area contributed by atoms with Gasteiger partial charge in [-0.2, -0.15) is 0 Å². The van der Waals surface area contributed by atoms with Crippen molar-refractivity contribution < 1.29 is 4.39 Å². The molecule has 0 amide bonds. The molecule has 17 heavy (non-hydrogen) atoms. The Morgan fingerprint density at radius 3 is 3.00 bits per heavy atom. The van der Waals surface area contributed by atoms with Crippen LogP contribution in [0.3, 0.4) is 0 Å².